The molecular formula is C17H20N2O2. The van der Waals surface area contributed by atoms with Crippen molar-refractivity contribution >= 4 is 5.91 Å². The van der Waals surface area contributed by atoms with Gasteiger partial charge in [0, 0.05) is 18.4 Å². The molecule has 0 aliphatic heterocycles. The van der Waals surface area contributed by atoms with Crippen LogP contribution in [-0.2, 0) is 4.74 Å². The lowest BCUT2D eigenvalue weighted by molar-refractivity contribution is 0.1000. The zero-order chi connectivity index (χ0) is 15.6. The lowest BCUT2D eigenvalue weighted by Crippen LogP contribution is -2.15. The number of amides is 1. The van der Waals surface area contributed by atoms with Crippen molar-refractivity contribution in [3.63, 3.8) is 0 Å². The lowest BCUT2D eigenvalue weighted by atomic mass is 9.98. The molecule has 0 bridgehead atoms. The molecule has 1 aromatic heterocycles. The van der Waals surface area contributed by atoms with Crippen molar-refractivity contribution in [2.45, 2.75) is 26.9 Å². The molecule has 2 N–H and O–H groups in total. The fraction of sp³-hybridized carbons (Fsp3) is 0.294. The Morgan fingerprint density at radius 1 is 1.29 bits per heavy atom. The SMILES string of the molecule is CO[C@H](C)c1cccc(-c2nc(C)cc(C)c2C(N)=O)c1. The van der Waals surface area contributed by atoms with Gasteiger partial charge in [0.15, 0.2) is 0 Å². The number of hydrogen-bond acceptors (Lipinski definition) is 3. The predicted octanol–water partition coefficient (Wildman–Crippen LogP) is 3.17. The fourth-order valence-corrected chi connectivity index (χ4v) is 2.43. The van der Waals surface area contributed by atoms with Crippen LogP contribution in [0.5, 0.6) is 0 Å². The van der Waals surface area contributed by atoms with E-state index in [4.69, 9.17) is 10.5 Å². The van der Waals surface area contributed by atoms with E-state index in [1.807, 2.05) is 51.1 Å². The first-order valence-corrected chi connectivity index (χ1v) is 6.85. The maximum absolute atomic E-state index is 11.8. The molecule has 0 unspecified atom stereocenters. The average Bonchev–Trinajstić information content (AvgIpc) is 2.45. The number of methoxy groups -OCH3 is 1. The van der Waals surface area contributed by atoms with Gasteiger partial charge in [-0.2, -0.15) is 0 Å². The summed E-state index contributed by atoms with van der Waals surface area (Å²) >= 11 is 0. The Kier molecular flexibility index (Phi) is 4.38. The first kappa shape index (κ1) is 15.2. The summed E-state index contributed by atoms with van der Waals surface area (Å²) in [6.45, 7) is 5.76. The number of nitrogens with zero attached hydrogens (tertiary/aromatic N) is 1. The number of aryl methyl sites for hydroxylation is 2. The Labute approximate surface area is 125 Å². The number of ether oxygens (including phenoxy) is 1. The van der Waals surface area contributed by atoms with Crippen molar-refractivity contribution in [3.8, 4) is 11.3 Å². The van der Waals surface area contributed by atoms with Gasteiger partial charge in [0.05, 0.1) is 17.4 Å². The molecule has 1 atom stereocenters. The topological polar surface area (TPSA) is 65.2 Å². The van der Waals surface area contributed by atoms with Crippen molar-refractivity contribution < 1.29 is 9.53 Å². The maximum atomic E-state index is 11.8. The van der Waals surface area contributed by atoms with Gasteiger partial charge in [-0.05, 0) is 44.0 Å². The van der Waals surface area contributed by atoms with Crippen LogP contribution >= 0.6 is 0 Å². The third kappa shape index (κ3) is 3.11. The lowest BCUT2D eigenvalue weighted by Gasteiger charge is -2.14. The molecule has 0 spiro atoms. The Balaban J connectivity index is 2.64. The van der Waals surface area contributed by atoms with Gasteiger partial charge in [0.1, 0.15) is 0 Å². The van der Waals surface area contributed by atoms with Gasteiger partial charge in [-0.25, -0.2) is 0 Å². The number of hydrogen-bond donors (Lipinski definition) is 1. The summed E-state index contributed by atoms with van der Waals surface area (Å²) in [7, 11) is 1.67. The molecule has 2 rings (SSSR count). The van der Waals surface area contributed by atoms with Crippen LogP contribution in [0, 0.1) is 13.8 Å². The predicted molar refractivity (Wildman–Crippen MR) is 83.1 cm³/mol. The molecule has 2 aromatic rings. The molecule has 4 nitrogen and oxygen atoms in total. The summed E-state index contributed by atoms with van der Waals surface area (Å²) < 4.78 is 5.34. The van der Waals surface area contributed by atoms with Gasteiger partial charge < -0.3 is 10.5 Å². The normalized spacial score (nSPS) is 12.2. The van der Waals surface area contributed by atoms with E-state index in [9.17, 15) is 4.79 Å². The first-order valence-electron chi connectivity index (χ1n) is 6.85. The molecular weight excluding hydrogens is 264 g/mol. The standard InChI is InChI=1S/C17H20N2O2/c1-10-8-11(2)19-16(15(10)17(18)20)14-7-5-6-13(9-14)12(3)21-4/h5-9,12H,1-4H3,(H2,18,20)/t12-/m1/s1. The highest BCUT2D eigenvalue weighted by Gasteiger charge is 2.16. The zero-order valence-corrected chi connectivity index (χ0v) is 12.8. The minimum atomic E-state index is -0.458. The number of carbonyl (C=O) groups is 1. The van der Waals surface area contributed by atoms with E-state index in [2.05, 4.69) is 4.98 Å². The van der Waals surface area contributed by atoms with E-state index in [0.29, 0.717) is 11.3 Å². The monoisotopic (exact) mass is 284 g/mol. The third-order valence-electron chi connectivity index (χ3n) is 3.57. The fourth-order valence-electron chi connectivity index (χ4n) is 2.43. The molecule has 0 aliphatic carbocycles. The molecule has 0 saturated carbocycles. The number of benzene rings is 1. The minimum Gasteiger partial charge on any atom is -0.377 e. The van der Waals surface area contributed by atoms with E-state index in [-0.39, 0.29) is 6.10 Å². The summed E-state index contributed by atoms with van der Waals surface area (Å²) in [5.41, 5.74) is 10.2. The summed E-state index contributed by atoms with van der Waals surface area (Å²) in [5, 5.41) is 0. The number of aromatic nitrogens is 1. The van der Waals surface area contributed by atoms with Gasteiger partial charge in [-0.15, -0.1) is 0 Å². The van der Waals surface area contributed by atoms with E-state index in [1.54, 1.807) is 7.11 Å². The summed E-state index contributed by atoms with van der Waals surface area (Å²) in [5.74, 6) is -0.458. The van der Waals surface area contributed by atoms with E-state index in [1.165, 1.54) is 0 Å². The minimum absolute atomic E-state index is 0.0205. The molecule has 110 valence electrons. The maximum Gasteiger partial charge on any atom is 0.251 e. The van der Waals surface area contributed by atoms with Crippen molar-refractivity contribution in [3.05, 3.63) is 52.7 Å². The van der Waals surface area contributed by atoms with Gasteiger partial charge >= 0.3 is 0 Å². The highest BCUT2D eigenvalue weighted by atomic mass is 16.5. The number of pyridine rings is 1. The van der Waals surface area contributed by atoms with Crippen LogP contribution in [0.4, 0.5) is 0 Å². The molecule has 1 aromatic carbocycles. The molecule has 0 aliphatic rings. The van der Waals surface area contributed by atoms with Crippen LogP contribution in [0.1, 0.15) is 40.2 Å². The van der Waals surface area contributed by atoms with Gasteiger partial charge in [0.25, 0.3) is 5.91 Å². The zero-order valence-electron chi connectivity index (χ0n) is 12.8. The Morgan fingerprint density at radius 3 is 2.62 bits per heavy atom. The van der Waals surface area contributed by atoms with Gasteiger partial charge in [-0.1, -0.05) is 18.2 Å². The number of rotatable bonds is 4. The van der Waals surface area contributed by atoms with Crippen LogP contribution in [0.25, 0.3) is 11.3 Å². The Bertz CT molecular complexity index is 680. The van der Waals surface area contributed by atoms with Crippen molar-refractivity contribution in [1.82, 2.24) is 4.98 Å². The van der Waals surface area contributed by atoms with Crippen molar-refractivity contribution in [1.29, 1.82) is 0 Å². The highest BCUT2D eigenvalue weighted by Crippen LogP contribution is 2.27. The Hall–Kier alpha value is -2.20. The number of primary amides is 1. The Morgan fingerprint density at radius 2 is 2.00 bits per heavy atom. The highest BCUT2D eigenvalue weighted by molar-refractivity contribution is 6.00. The van der Waals surface area contributed by atoms with Crippen LogP contribution < -0.4 is 5.73 Å². The summed E-state index contributed by atoms with van der Waals surface area (Å²) in [4.78, 5) is 16.3. The molecule has 21 heavy (non-hydrogen) atoms. The average molecular weight is 284 g/mol. The van der Waals surface area contributed by atoms with E-state index in [0.717, 1.165) is 22.4 Å². The van der Waals surface area contributed by atoms with Crippen LogP contribution in [0.15, 0.2) is 30.3 Å². The van der Waals surface area contributed by atoms with Crippen LogP contribution in [-0.4, -0.2) is 18.0 Å². The largest absolute Gasteiger partial charge is 0.377 e. The van der Waals surface area contributed by atoms with Gasteiger partial charge in [-0.3, -0.25) is 9.78 Å². The van der Waals surface area contributed by atoms with E-state index >= 15 is 0 Å². The quantitative estimate of drug-likeness (QED) is 0.937. The van der Waals surface area contributed by atoms with Gasteiger partial charge in [0.2, 0.25) is 0 Å². The summed E-state index contributed by atoms with van der Waals surface area (Å²) in [6.07, 6.45) is -0.0205. The molecule has 0 radical (unpaired) electrons. The smallest absolute Gasteiger partial charge is 0.251 e. The number of nitrogens with two attached hydrogens (primary N) is 1. The molecule has 1 amide bonds. The summed E-state index contributed by atoms with van der Waals surface area (Å²) in [6, 6.07) is 9.71. The number of carbonyl (C=O) groups excluding carboxylic acids is 1. The molecule has 0 fully saturated rings. The van der Waals surface area contributed by atoms with Crippen molar-refractivity contribution in [2.24, 2.45) is 5.73 Å². The molecule has 1 heterocycles. The van der Waals surface area contributed by atoms with Crippen molar-refractivity contribution in [2.75, 3.05) is 7.11 Å². The van der Waals surface area contributed by atoms with Crippen LogP contribution in [0.2, 0.25) is 0 Å². The van der Waals surface area contributed by atoms with Crippen LogP contribution in [0.3, 0.4) is 0 Å². The molecule has 0 saturated heterocycles. The molecule has 4 heteroatoms. The first-order chi connectivity index (χ1) is 9.93. The second kappa shape index (κ2) is 6.06. The second-order valence-corrected chi connectivity index (χ2v) is 5.17. The van der Waals surface area contributed by atoms with E-state index < -0.39 is 5.91 Å². The second-order valence-electron chi connectivity index (χ2n) is 5.17. The third-order valence-corrected chi connectivity index (χ3v) is 3.57.